The van der Waals surface area contributed by atoms with E-state index in [9.17, 15) is 0 Å². The highest BCUT2D eigenvalue weighted by atomic mass is 15.4. The topological polar surface area (TPSA) is 36.1 Å². The molecule has 1 aromatic rings. The van der Waals surface area contributed by atoms with E-state index in [1.807, 2.05) is 7.05 Å². The Morgan fingerprint density at radius 1 is 1.19 bits per heavy atom. The summed E-state index contributed by atoms with van der Waals surface area (Å²) in [5.74, 6) is 0.648. The molecular weight excluding hydrogens is 198 g/mol. The lowest BCUT2D eigenvalue weighted by molar-refractivity contribution is 0.395. The molecule has 0 radical (unpaired) electrons. The summed E-state index contributed by atoms with van der Waals surface area (Å²) in [7, 11) is 2.00. The first-order valence-electron chi connectivity index (χ1n) is 6.07. The summed E-state index contributed by atoms with van der Waals surface area (Å²) in [5, 5.41) is 3.24. The molecule has 1 aliphatic heterocycles. The fourth-order valence-electron chi connectivity index (χ4n) is 2.58. The summed E-state index contributed by atoms with van der Waals surface area (Å²) in [6, 6.07) is 11.6. The minimum atomic E-state index is 0.435. The van der Waals surface area contributed by atoms with E-state index in [-0.39, 0.29) is 0 Å². The molecule has 2 rings (SSSR count). The Hall–Kier alpha value is -0.900. The third-order valence-electron chi connectivity index (χ3n) is 3.42. The fourth-order valence-corrected chi connectivity index (χ4v) is 2.58. The summed E-state index contributed by atoms with van der Waals surface area (Å²) in [6.45, 7) is 3.27. The molecule has 16 heavy (non-hydrogen) atoms. The third-order valence-corrected chi connectivity index (χ3v) is 3.42. The van der Waals surface area contributed by atoms with Crippen LogP contribution in [0.4, 0.5) is 0 Å². The highest BCUT2D eigenvalue weighted by Crippen LogP contribution is 2.30. The normalized spacial score (nSPS) is 29.5. The molecule has 1 fully saturated rings. The maximum atomic E-state index is 3.42. The molecular formula is C13H21N3. The Labute approximate surface area is 97.6 Å². The van der Waals surface area contributed by atoms with E-state index in [1.54, 1.807) is 0 Å². The van der Waals surface area contributed by atoms with Gasteiger partial charge < -0.3 is 5.32 Å². The number of hydrogen-bond donors (Lipinski definition) is 3. The van der Waals surface area contributed by atoms with Crippen molar-refractivity contribution in [2.45, 2.75) is 25.4 Å². The van der Waals surface area contributed by atoms with Gasteiger partial charge in [-0.1, -0.05) is 37.3 Å². The van der Waals surface area contributed by atoms with Crippen LogP contribution in [0.1, 0.15) is 24.9 Å². The van der Waals surface area contributed by atoms with Crippen molar-refractivity contribution in [1.82, 2.24) is 16.2 Å². The molecule has 1 heterocycles. The molecule has 0 spiro atoms. The zero-order valence-electron chi connectivity index (χ0n) is 10.0. The minimum absolute atomic E-state index is 0.435. The van der Waals surface area contributed by atoms with E-state index >= 15 is 0 Å². The van der Waals surface area contributed by atoms with Crippen molar-refractivity contribution in [3.63, 3.8) is 0 Å². The van der Waals surface area contributed by atoms with Crippen molar-refractivity contribution >= 4 is 0 Å². The monoisotopic (exact) mass is 219 g/mol. The second kappa shape index (κ2) is 5.43. The van der Waals surface area contributed by atoms with Crippen molar-refractivity contribution in [2.75, 3.05) is 13.6 Å². The molecule has 1 aromatic carbocycles. The molecule has 3 unspecified atom stereocenters. The van der Waals surface area contributed by atoms with Crippen LogP contribution in [-0.4, -0.2) is 19.6 Å². The fraction of sp³-hybridized carbons (Fsp3) is 0.538. The molecule has 0 amide bonds. The number of hydrazine groups is 1. The number of rotatable bonds is 4. The molecule has 1 saturated heterocycles. The van der Waals surface area contributed by atoms with Crippen LogP contribution >= 0.6 is 0 Å². The van der Waals surface area contributed by atoms with Crippen molar-refractivity contribution in [2.24, 2.45) is 5.92 Å². The zero-order valence-corrected chi connectivity index (χ0v) is 10.0. The summed E-state index contributed by atoms with van der Waals surface area (Å²) >= 11 is 0. The number of hydrogen-bond acceptors (Lipinski definition) is 3. The molecule has 0 saturated carbocycles. The van der Waals surface area contributed by atoms with Crippen molar-refractivity contribution in [3.05, 3.63) is 35.9 Å². The Kier molecular flexibility index (Phi) is 3.93. The van der Waals surface area contributed by atoms with Crippen molar-refractivity contribution < 1.29 is 0 Å². The largest absolute Gasteiger partial charge is 0.318 e. The SMILES string of the molecule is CCC1C(CNC)NNC1c1ccccc1. The predicted octanol–water partition coefficient (Wildman–Crippen LogP) is 1.45. The number of likely N-dealkylation sites (N-methyl/N-ethyl adjacent to an activating group) is 1. The van der Waals surface area contributed by atoms with Crippen LogP contribution in [0, 0.1) is 5.92 Å². The Morgan fingerprint density at radius 3 is 2.56 bits per heavy atom. The van der Waals surface area contributed by atoms with Crippen LogP contribution in [0.25, 0.3) is 0 Å². The van der Waals surface area contributed by atoms with Gasteiger partial charge >= 0.3 is 0 Å². The van der Waals surface area contributed by atoms with E-state index in [0.29, 0.717) is 18.0 Å². The first-order chi connectivity index (χ1) is 7.86. The second-order valence-electron chi connectivity index (χ2n) is 4.41. The predicted molar refractivity (Wildman–Crippen MR) is 67.0 cm³/mol. The van der Waals surface area contributed by atoms with Gasteiger partial charge in [-0.2, -0.15) is 0 Å². The maximum Gasteiger partial charge on any atom is 0.0506 e. The second-order valence-corrected chi connectivity index (χ2v) is 4.41. The highest BCUT2D eigenvalue weighted by Gasteiger charge is 2.34. The maximum absolute atomic E-state index is 3.42. The standard InChI is InChI=1S/C13H21N3/c1-3-11-12(9-14-2)15-16-13(11)10-7-5-4-6-8-10/h4-8,11-16H,3,9H2,1-2H3. The van der Waals surface area contributed by atoms with E-state index < -0.39 is 0 Å². The van der Waals surface area contributed by atoms with Crippen LogP contribution in [-0.2, 0) is 0 Å². The van der Waals surface area contributed by atoms with Crippen LogP contribution in [0.15, 0.2) is 30.3 Å². The van der Waals surface area contributed by atoms with Gasteiger partial charge in [0.2, 0.25) is 0 Å². The van der Waals surface area contributed by atoms with Crippen LogP contribution < -0.4 is 16.2 Å². The summed E-state index contributed by atoms with van der Waals surface area (Å²) in [6.07, 6.45) is 1.19. The lowest BCUT2D eigenvalue weighted by atomic mass is 9.87. The quantitative estimate of drug-likeness (QED) is 0.717. The third kappa shape index (κ3) is 2.26. The van der Waals surface area contributed by atoms with E-state index in [4.69, 9.17) is 0 Å². The molecule has 3 heteroatoms. The van der Waals surface area contributed by atoms with Gasteiger partial charge in [-0.25, -0.2) is 5.43 Å². The first-order valence-corrected chi connectivity index (χ1v) is 6.07. The van der Waals surface area contributed by atoms with Gasteiger partial charge in [-0.3, -0.25) is 5.43 Å². The lowest BCUT2D eigenvalue weighted by Gasteiger charge is -2.21. The van der Waals surface area contributed by atoms with Crippen LogP contribution in [0.3, 0.4) is 0 Å². The van der Waals surface area contributed by atoms with Crippen LogP contribution in [0.2, 0.25) is 0 Å². The van der Waals surface area contributed by atoms with Gasteiger partial charge in [0.05, 0.1) is 6.04 Å². The number of benzene rings is 1. The molecule has 0 aromatic heterocycles. The smallest absolute Gasteiger partial charge is 0.0506 e. The molecule has 3 nitrogen and oxygen atoms in total. The molecule has 1 aliphatic rings. The molecule has 3 N–H and O–H groups in total. The van der Waals surface area contributed by atoms with Gasteiger partial charge in [0.1, 0.15) is 0 Å². The molecule has 0 aliphatic carbocycles. The van der Waals surface area contributed by atoms with Gasteiger partial charge in [-0.15, -0.1) is 0 Å². The Morgan fingerprint density at radius 2 is 1.94 bits per heavy atom. The van der Waals surface area contributed by atoms with Crippen molar-refractivity contribution in [1.29, 1.82) is 0 Å². The molecule has 3 atom stereocenters. The first kappa shape index (κ1) is 11.6. The summed E-state index contributed by atoms with van der Waals surface area (Å²) < 4.78 is 0. The summed E-state index contributed by atoms with van der Waals surface area (Å²) in [4.78, 5) is 0. The van der Waals surface area contributed by atoms with Gasteiger partial charge in [-0.05, 0) is 24.9 Å². The highest BCUT2D eigenvalue weighted by molar-refractivity contribution is 5.21. The Bertz CT molecular complexity index is 312. The van der Waals surface area contributed by atoms with E-state index in [1.165, 1.54) is 12.0 Å². The molecule has 88 valence electrons. The average Bonchev–Trinajstić information content (AvgIpc) is 2.73. The van der Waals surface area contributed by atoms with Gasteiger partial charge in [0.15, 0.2) is 0 Å². The Balaban J connectivity index is 2.11. The minimum Gasteiger partial charge on any atom is -0.318 e. The molecule has 0 bridgehead atoms. The lowest BCUT2D eigenvalue weighted by Crippen LogP contribution is -2.39. The van der Waals surface area contributed by atoms with Gasteiger partial charge in [0, 0.05) is 12.6 Å². The van der Waals surface area contributed by atoms with E-state index in [0.717, 1.165) is 6.54 Å². The zero-order chi connectivity index (χ0) is 11.4. The van der Waals surface area contributed by atoms with Gasteiger partial charge in [0.25, 0.3) is 0 Å². The summed E-state index contributed by atoms with van der Waals surface area (Å²) in [5.41, 5.74) is 8.19. The average molecular weight is 219 g/mol. The number of nitrogens with one attached hydrogen (secondary N) is 3. The van der Waals surface area contributed by atoms with E-state index in [2.05, 4.69) is 53.4 Å². The van der Waals surface area contributed by atoms with Crippen molar-refractivity contribution in [3.8, 4) is 0 Å². The van der Waals surface area contributed by atoms with Crippen LogP contribution in [0.5, 0.6) is 0 Å².